The summed E-state index contributed by atoms with van der Waals surface area (Å²) in [5, 5.41) is 2.79. The summed E-state index contributed by atoms with van der Waals surface area (Å²) in [6.45, 7) is 0.959. The van der Waals surface area contributed by atoms with Gasteiger partial charge in [-0.1, -0.05) is 24.0 Å². The molecule has 0 saturated carbocycles. The van der Waals surface area contributed by atoms with Crippen LogP contribution in [0, 0.1) is 11.8 Å². The summed E-state index contributed by atoms with van der Waals surface area (Å²) in [6.07, 6.45) is 5.39. The van der Waals surface area contributed by atoms with E-state index in [2.05, 4.69) is 22.1 Å². The number of carbonyl (C=O) groups is 2. The van der Waals surface area contributed by atoms with Crippen molar-refractivity contribution in [2.24, 2.45) is 0 Å². The molecule has 0 aliphatic heterocycles. The van der Waals surface area contributed by atoms with E-state index in [1.807, 2.05) is 22.9 Å². The Morgan fingerprint density at radius 2 is 1.72 bits per heavy atom. The molecule has 146 valence electrons. The van der Waals surface area contributed by atoms with E-state index in [0.717, 1.165) is 11.1 Å². The van der Waals surface area contributed by atoms with E-state index in [0.29, 0.717) is 17.7 Å². The maximum Gasteiger partial charge on any atom is 0.253 e. The number of rotatable bonds is 5. The van der Waals surface area contributed by atoms with Crippen LogP contribution in [0.5, 0.6) is 0 Å². The van der Waals surface area contributed by atoms with Crippen molar-refractivity contribution < 1.29 is 9.59 Å². The largest absolute Gasteiger partial charge is 0.345 e. The van der Waals surface area contributed by atoms with E-state index < -0.39 is 0 Å². The molecule has 6 nitrogen and oxygen atoms in total. The molecule has 29 heavy (non-hydrogen) atoms. The van der Waals surface area contributed by atoms with E-state index in [9.17, 15) is 9.59 Å². The van der Waals surface area contributed by atoms with Gasteiger partial charge in [0.05, 0.1) is 12.9 Å². The molecule has 2 aromatic carbocycles. The Balaban J connectivity index is 1.50. The molecule has 1 N–H and O–H groups in total. The first-order chi connectivity index (χ1) is 14.0. The third-order valence-corrected chi connectivity index (χ3v) is 4.25. The highest BCUT2D eigenvalue weighted by molar-refractivity contribution is 5.94. The molecule has 2 amide bonds. The predicted octanol–water partition coefficient (Wildman–Crippen LogP) is 2.41. The number of hydrogen-bond acceptors (Lipinski definition) is 3. The Morgan fingerprint density at radius 3 is 2.34 bits per heavy atom. The van der Waals surface area contributed by atoms with Crippen LogP contribution in [0.3, 0.4) is 0 Å². The predicted molar refractivity (Wildman–Crippen MR) is 111 cm³/mol. The molecule has 0 atom stereocenters. The molecule has 1 aromatic heterocycles. The Kier molecular flexibility index (Phi) is 6.43. The Labute approximate surface area is 170 Å². The van der Waals surface area contributed by atoms with E-state index in [-0.39, 0.29) is 18.4 Å². The number of aromatic nitrogens is 2. The third kappa shape index (κ3) is 5.56. The van der Waals surface area contributed by atoms with Gasteiger partial charge in [0.25, 0.3) is 11.8 Å². The highest BCUT2D eigenvalue weighted by Crippen LogP contribution is 2.07. The molecule has 3 aromatic rings. The second kappa shape index (κ2) is 9.38. The summed E-state index contributed by atoms with van der Waals surface area (Å²) in [4.78, 5) is 29.6. The van der Waals surface area contributed by atoms with Crippen molar-refractivity contribution in [3.63, 3.8) is 0 Å². The van der Waals surface area contributed by atoms with Crippen molar-refractivity contribution in [2.45, 2.75) is 6.54 Å². The first-order valence-electron chi connectivity index (χ1n) is 9.16. The fraction of sp³-hybridized carbons (Fsp3) is 0.174. The first-order valence-corrected chi connectivity index (χ1v) is 9.16. The molecule has 3 rings (SSSR count). The Bertz CT molecular complexity index is 1030. The fourth-order valence-electron chi connectivity index (χ4n) is 2.68. The van der Waals surface area contributed by atoms with E-state index in [1.54, 1.807) is 63.0 Å². The second-order valence-corrected chi connectivity index (χ2v) is 6.69. The van der Waals surface area contributed by atoms with Crippen molar-refractivity contribution >= 4 is 11.8 Å². The second-order valence-electron chi connectivity index (χ2n) is 6.69. The summed E-state index contributed by atoms with van der Waals surface area (Å²) >= 11 is 0. The van der Waals surface area contributed by atoms with Gasteiger partial charge in [0.2, 0.25) is 0 Å². The highest BCUT2D eigenvalue weighted by Gasteiger charge is 2.06. The highest BCUT2D eigenvalue weighted by atomic mass is 16.2. The topological polar surface area (TPSA) is 67.2 Å². The van der Waals surface area contributed by atoms with E-state index in [4.69, 9.17) is 0 Å². The lowest BCUT2D eigenvalue weighted by Gasteiger charge is -2.09. The van der Waals surface area contributed by atoms with Gasteiger partial charge in [-0.25, -0.2) is 4.98 Å². The maximum atomic E-state index is 12.2. The lowest BCUT2D eigenvalue weighted by molar-refractivity contribution is 0.0827. The number of hydrogen-bond donors (Lipinski definition) is 1. The van der Waals surface area contributed by atoms with Gasteiger partial charge in [-0.3, -0.25) is 9.59 Å². The van der Waals surface area contributed by atoms with E-state index in [1.165, 1.54) is 4.90 Å². The summed E-state index contributed by atoms with van der Waals surface area (Å²) in [5.74, 6) is 5.70. The van der Waals surface area contributed by atoms with Gasteiger partial charge in [-0.05, 0) is 42.0 Å². The van der Waals surface area contributed by atoms with Crippen LogP contribution in [-0.2, 0) is 6.54 Å². The molecule has 0 bridgehead atoms. The molecule has 0 unspecified atom stereocenters. The minimum atomic E-state index is -0.166. The van der Waals surface area contributed by atoms with Crippen molar-refractivity contribution in [3.8, 4) is 11.8 Å². The van der Waals surface area contributed by atoms with Gasteiger partial charge < -0.3 is 14.8 Å². The number of carbonyl (C=O) groups excluding carboxylic acids is 2. The Hall–Kier alpha value is -3.85. The number of imidazole rings is 1. The minimum Gasteiger partial charge on any atom is -0.345 e. The molecular weight excluding hydrogens is 364 g/mol. The zero-order chi connectivity index (χ0) is 20.6. The molecule has 0 fully saturated rings. The van der Waals surface area contributed by atoms with Crippen LogP contribution in [0.2, 0.25) is 0 Å². The normalized spacial score (nSPS) is 10.0. The molecule has 0 aliphatic carbocycles. The van der Waals surface area contributed by atoms with Gasteiger partial charge >= 0.3 is 0 Å². The summed E-state index contributed by atoms with van der Waals surface area (Å²) in [6, 6.07) is 14.5. The molecule has 0 saturated heterocycles. The number of amides is 2. The van der Waals surface area contributed by atoms with Crippen LogP contribution in [0.1, 0.15) is 31.8 Å². The Morgan fingerprint density at radius 1 is 1.03 bits per heavy atom. The SMILES string of the molecule is CN(C)C(=O)c1ccc(C#CCNC(=O)c2ccc(Cn3ccnc3)cc2)cc1. The first kappa shape index (κ1) is 19.9. The molecule has 6 heteroatoms. The van der Waals surface area contributed by atoms with Crippen LogP contribution >= 0.6 is 0 Å². The zero-order valence-electron chi connectivity index (χ0n) is 16.4. The molecule has 0 radical (unpaired) electrons. The third-order valence-electron chi connectivity index (χ3n) is 4.25. The van der Waals surface area contributed by atoms with Crippen molar-refractivity contribution in [3.05, 3.63) is 89.5 Å². The smallest absolute Gasteiger partial charge is 0.253 e. The van der Waals surface area contributed by atoms with Gasteiger partial charge in [-0.2, -0.15) is 0 Å². The average Bonchev–Trinajstić information content (AvgIpc) is 3.24. The molecule has 1 heterocycles. The minimum absolute atomic E-state index is 0.0483. The van der Waals surface area contributed by atoms with Gasteiger partial charge in [-0.15, -0.1) is 0 Å². The van der Waals surface area contributed by atoms with Crippen LogP contribution in [0.4, 0.5) is 0 Å². The summed E-state index contributed by atoms with van der Waals surface area (Å²) in [7, 11) is 3.43. The van der Waals surface area contributed by atoms with Crippen molar-refractivity contribution in [2.75, 3.05) is 20.6 Å². The quantitative estimate of drug-likeness (QED) is 0.685. The summed E-state index contributed by atoms with van der Waals surface area (Å²) in [5.41, 5.74) is 3.09. The van der Waals surface area contributed by atoms with E-state index >= 15 is 0 Å². The van der Waals surface area contributed by atoms with Crippen LogP contribution in [0.15, 0.2) is 67.3 Å². The number of benzene rings is 2. The molecule has 0 spiro atoms. The average molecular weight is 386 g/mol. The van der Waals surface area contributed by atoms with Gasteiger partial charge in [0.1, 0.15) is 0 Å². The van der Waals surface area contributed by atoms with Crippen LogP contribution < -0.4 is 5.32 Å². The monoisotopic (exact) mass is 386 g/mol. The van der Waals surface area contributed by atoms with Crippen molar-refractivity contribution in [1.29, 1.82) is 0 Å². The molecular formula is C23H22N4O2. The van der Waals surface area contributed by atoms with Crippen LogP contribution in [-0.4, -0.2) is 46.9 Å². The van der Waals surface area contributed by atoms with Gasteiger partial charge in [0, 0.05) is 49.7 Å². The van der Waals surface area contributed by atoms with Gasteiger partial charge in [0.15, 0.2) is 0 Å². The van der Waals surface area contributed by atoms with Crippen LogP contribution in [0.25, 0.3) is 0 Å². The lowest BCUT2D eigenvalue weighted by atomic mass is 10.1. The lowest BCUT2D eigenvalue weighted by Crippen LogP contribution is -2.23. The molecule has 0 aliphatic rings. The van der Waals surface area contributed by atoms with Crippen molar-refractivity contribution in [1.82, 2.24) is 19.8 Å². The summed E-state index contributed by atoms with van der Waals surface area (Å²) < 4.78 is 1.97. The number of nitrogens with one attached hydrogen (secondary N) is 1. The fourth-order valence-corrected chi connectivity index (χ4v) is 2.68. The number of nitrogens with zero attached hydrogens (tertiary/aromatic N) is 3. The zero-order valence-corrected chi connectivity index (χ0v) is 16.4. The standard InChI is InChI=1S/C23H22N4O2/c1-26(2)23(29)21-11-5-18(6-12-21)4-3-13-25-22(28)20-9-7-19(8-10-20)16-27-15-14-24-17-27/h5-12,14-15,17H,13,16H2,1-2H3,(H,25,28). The maximum absolute atomic E-state index is 12.2.